The molecule has 16 heavy (non-hydrogen) atoms. The molecule has 0 heterocycles. The lowest BCUT2D eigenvalue weighted by Gasteiger charge is -2.18. The Morgan fingerprint density at radius 1 is 1.50 bits per heavy atom. The molecule has 0 atom stereocenters. The molecule has 0 saturated heterocycles. The van der Waals surface area contributed by atoms with Crippen molar-refractivity contribution in [2.45, 2.75) is 46.5 Å². The van der Waals surface area contributed by atoms with Gasteiger partial charge in [0.1, 0.15) is 0 Å². The Balaban J connectivity index is 2.60. The van der Waals surface area contributed by atoms with Crippen LogP contribution >= 0.6 is 0 Å². The van der Waals surface area contributed by atoms with Crippen molar-refractivity contribution in [2.24, 2.45) is 5.41 Å². The van der Waals surface area contributed by atoms with Crippen LogP contribution in [0.5, 0.6) is 0 Å². The van der Waals surface area contributed by atoms with E-state index < -0.39 is 5.41 Å². The molecule has 0 unspecified atom stereocenters. The van der Waals surface area contributed by atoms with E-state index in [1.54, 1.807) is 0 Å². The van der Waals surface area contributed by atoms with Crippen molar-refractivity contribution in [1.82, 2.24) is 0 Å². The van der Waals surface area contributed by atoms with Gasteiger partial charge in [0.2, 0.25) is 0 Å². The monoisotopic (exact) mass is 222 g/mol. The summed E-state index contributed by atoms with van der Waals surface area (Å²) < 4.78 is 5.04. The van der Waals surface area contributed by atoms with Gasteiger partial charge in [-0.1, -0.05) is 23.8 Å². The molecule has 2 nitrogen and oxygen atoms in total. The molecule has 90 valence electrons. The van der Waals surface area contributed by atoms with Crippen LogP contribution < -0.4 is 0 Å². The number of carbonyl (C=O) groups is 1. The van der Waals surface area contributed by atoms with Crippen LogP contribution in [0.15, 0.2) is 23.8 Å². The fraction of sp³-hybridized carbons (Fsp3) is 0.643. The average Bonchev–Trinajstić information content (AvgIpc) is 2.28. The minimum absolute atomic E-state index is 0.150. The standard InChI is InChI=1S/C14H22O2/c1-4-16-13(15)14(2,3)11-10-12-8-6-5-7-9-12/h8,10-11H,4-7,9H2,1-3H3/b11-10-. The van der Waals surface area contributed by atoms with Crippen molar-refractivity contribution >= 4 is 5.97 Å². The zero-order chi connectivity index (χ0) is 12.0. The first kappa shape index (κ1) is 13.0. The third-order valence-electron chi connectivity index (χ3n) is 2.84. The molecule has 0 aromatic carbocycles. The number of esters is 1. The SMILES string of the molecule is CCOC(=O)C(C)(C)/C=C\C1=CCCCC1. The highest BCUT2D eigenvalue weighted by Gasteiger charge is 2.25. The van der Waals surface area contributed by atoms with Crippen LogP contribution in [-0.2, 0) is 9.53 Å². The summed E-state index contributed by atoms with van der Waals surface area (Å²) in [5, 5.41) is 0. The summed E-state index contributed by atoms with van der Waals surface area (Å²) in [4.78, 5) is 11.6. The van der Waals surface area contributed by atoms with Gasteiger partial charge in [-0.05, 0) is 46.5 Å². The van der Waals surface area contributed by atoms with Crippen LogP contribution in [-0.4, -0.2) is 12.6 Å². The number of allylic oxidation sites excluding steroid dienone is 3. The summed E-state index contributed by atoms with van der Waals surface area (Å²) >= 11 is 0. The smallest absolute Gasteiger partial charge is 0.315 e. The van der Waals surface area contributed by atoms with Crippen LogP contribution in [0, 0.1) is 5.41 Å². The fourth-order valence-corrected chi connectivity index (χ4v) is 1.71. The maximum atomic E-state index is 11.6. The van der Waals surface area contributed by atoms with Crippen LogP contribution in [0.2, 0.25) is 0 Å². The summed E-state index contributed by atoms with van der Waals surface area (Å²) in [6, 6.07) is 0. The van der Waals surface area contributed by atoms with E-state index in [1.807, 2.05) is 26.8 Å². The molecule has 0 radical (unpaired) electrons. The highest BCUT2D eigenvalue weighted by molar-refractivity contribution is 5.78. The molecular formula is C14H22O2. The highest BCUT2D eigenvalue weighted by atomic mass is 16.5. The average molecular weight is 222 g/mol. The Morgan fingerprint density at radius 3 is 2.81 bits per heavy atom. The third kappa shape index (κ3) is 3.84. The number of hydrogen-bond donors (Lipinski definition) is 0. The van der Waals surface area contributed by atoms with Crippen LogP contribution in [0.3, 0.4) is 0 Å². The largest absolute Gasteiger partial charge is 0.465 e. The van der Waals surface area contributed by atoms with E-state index in [-0.39, 0.29) is 5.97 Å². The van der Waals surface area contributed by atoms with Gasteiger partial charge in [-0.25, -0.2) is 0 Å². The first-order chi connectivity index (χ1) is 7.56. The second-order valence-electron chi connectivity index (χ2n) is 4.80. The molecule has 0 aromatic heterocycles. The molecule has 0 aromatic rings. The predicted octanol–water partition coefficient (Wildman–Crippen LogP) is 3.63. The summed E-state index contributed by atoms with van der Waals surface area (Å²) in [6.07, 6.45) is 11.2. The van der Waals surface area contributed by atoms with Gasteiger partial charge in [-0.15, -0.1) is 0 Å². The van der Waals surface area contributed by atoms with E-state index in [4.69, 9.17) is 4.74 Å². The minimum Gasteiger partial charge on any atom is -0.465 e. The minimum atomic E-state index is -0.520. The molecule has 0 spiro atoms. The number of rotatable bonds is 4. The maximum Gasteiger partial charge on any atom is 0.315 e. The van der Waals surface area contributed by atoms with Gasteiger partial charge < -0.3 is 4.74 Å². The highest BCUT2D eigenvalue weighted by Crippen LogP contribution is 2.23. The predicted molar refractivity (Wildman–Crippen MR) is 66.1 cm³/mol. The number of ether oxygens (including phenoxy) is 1. The molecule has 0 fully saturated rings. The molecule has 2 heteroatoms. The summed E-state index contributed by atoms with van der Waals surface area (Å²) in [5.74, 6) is -0.150. The Morgan fingerprint density at radius 2 is 2.25 bits per heavy atom. The van der Waals surface area contributed by atoms with Crippen LogP contribution in [0.4, 0.5) is 0 Å². The van der Waals surface area contributed by atoms with Gasteiger partial charge in [0, 0.05) is 0 Å². The van der Waals surface area contributed by atoms with E-state index in [0.29, 0.717) is 6.61 Å². The van der Waals surface area contributed by atoms with Gasteiger partial charge >= 0.3 is 5.97 Å². The summed E-state index contributed by atoms with van der Waals surface area (Å²) in [6.45, 7) is 6.07. The molecule has 0 aliphatic heterocycles. The maximum absolute atomic E-state index is 11.6. The molecule has 0 bridgehead atoms. The first-order valence-corrected chi connectivity index (χ1v) is 6.12. The van der Waals surface area contributed by atoms with E-state index in [1.165, 1.54) is 24.8 Å². The molecular weight excluding hydrogens is 200 g/mol. The Bertz CT molecular complexity index is 298. The first-order valence-electron chi connectivity index (χ1n) is 6.12. The van der Waals surface area contributed by atoms with Gasteiger partial charge in [0.05, 0.1) is 12.0 Å². The van der Waals surface area contributed by atoms with Gasteiger partial charge in [-0.3, -0.25) is 4.79 Å². The summed E-state index contributed by atoms with van der Waals surface area (Å²) in [7, 11) is 0. The number of carbonyl (C=O) groups excluding carboxylic acids is 1. The Kier molecular flexibility index (Phi) is 4.78. The fourth-order valence-electron chi connectivity index (χ4n) is 1.71. The summed E-state index contributed by atoms with van der Waals surface area (Å²) in [5.41, 5.74) is 0.831. The third-order valence-corrected chi connectivity index (χ3v) is 2.84. The second-order valence-corrected chi connectivity index (χ2v) is 4.80. The van der Waals surface area contributed by atoms with E-state index in [0.717, 1.165) is 6.42 Å². The van der Waals surface area contributed by atoms with Gasteiger partial charge in [0.25, 0.3) is 0 Å². The van der Waals surface area contributed by atoms with Crippen molar-refractivity contribution in [3.63, 3.8) is 0 Å². The topological polar surface area (TPSA) is 26.3 Å². The molecule has 1 rings (SSSR count). The molecule has 0 saturated carbocycles. The lowest BCUT2D eigenvalue weighted by molar-refractivity contribution is -0.150. The Hall–Kier alpha value is -1.05. The zero-order valence-corrected chi connectivity index (χ0v) is 10.6. The van der Waals surface area contributed by atoms with Gasteiger partial charge in [0.15, 0.2) is 0 Å². The van der Waals surface area contributed by atoms with E-state index in [2.05, 4.69) is 12.2 Å². The van der Waals surface area contributed by atoms with Crippen LogP contribution in [0.25, 0.3) is 0 Å². The molecule has 0 N–H and O–H groups in total. The Labute approximate surface area is 98.4 Å². The van der Waals surface area contributed by atoms with Crippen molar-refractivity contribution in [1.29, 1.82) is 0 Å². The van der Waals surface area contributed by atoms with Crippen molar-refractivity contribution < 1.29 is 9.53 Å². The lowest BCUT2D eigenvalue weighted by Crippen LogP contribution is -2.24. The number of hydrogen-bond acceptors (Lipinski definition) is 2. The quantitative estimate of drug-likeness (QED) is 0.679. The second kappa shape index (κ2) is 5.88. The van der Waals surface area contributed by atoms with E-state index >= 15 is 0 Å². The van der Waals surface area contributed by atoms with Crippen molar-refractivity contribution in [2.75, 3.05) is 6.61 Å². The molecule has 1 aliphatic carbocycles. The van der Waals surface area contributed by atoms with E-state index in [9.17, 15) is 4.79 Å². The zero-order valence-electron chi connectivity index (χ0n) is 10.6. The van der Waals surface area contributed by atoms with Crippen LogP contribution in [0.1, 0.15) is 46.5 Å². The lowest BCUT2D eigenvalue weighted by atomic mass is 9.90. The van der Waals surface area contributed by atoms with Gasteiger partial charge in [-0.2, -0.15) is 0 Å². The molecule has 1 aliphatic rings. The van der Waals surface area contributed by atoms with Crippen molar-refractivity contribution in [3.05, 3.63) is 23.8 Å². The molecule has 0 amide bonds. The normalized spacial score (nSPS) is 17.3. The van der Waals surface area contributed by atoms with Crippen molar-refractivity contribution in [3.8, 4) is 0 Å².